The minimum atomic E-state index is -1.07. The summed E-state index contributed by atoms with van der Waals surface area (Å²) in [6.45, 7) is 6.35. The van der Waals surface area contributed by atoms with E-state index in [0.717, 1.165) is 25.7 Å². The standard InChI is InChI=1S/C14H26N2O3/c1-4-16(11(2)3)13(19)15-14(12(17)18)9-7-5-6-8-10-14/h11H,4-10H2,1-3H3,(H,15,19)(H,17,18). The number of urea groups is 1. The highest BCUT2D eigenvalue weighted by molar-refractivity contribution is 5.86. The molecule has 2 N–H and O–H groups in total. The molecule has 0 radical (unpaired) electrons. The van der Waals surface area contributed by atoms with Crippen LogP contribution in [0.15, 0.2) is 0 Å². The molecule has 0 aromatic rings. The van der Waals surface area contributed by atoms with E-state index in [1.165, 1.54) is 0 Å². The van der Waals surface area contributed by atoms with Crippen LogP contribution in [0.1, 0.15) is 59.3 Å². The lowest BCUT2D eigenvalue weighted by Crippen LogP contribution is -2.58. The van der Waals surface area contributed by atoms with Crippen LogP contribution in [-0.2, 0) is 4.79 Å². The number of hydrogen-bond acceptors (Lipinski definition) is 2. The maximum absolute atomic E-state index is 12.3. The van der Waals surface area contributed by atoms with Crippen LogP contribution in [0, 0.1) is 0 Å². The Hall–Kier alpha value is -1.26. The Morgan fingerprint density at radius 1 is 1.21 bits per heavy atom. The van der Waals surface area contributed by atoms with Gasteiger partial charge in [-0.15, -0.1) is 0 Å². The smallest absolute Gasteiger partial charge is 0.329 e. The van der Waals surface area contributed by atoms with Gasteiger partial charge in [0.2, 0.25) is 0 Å². The highest BCUT2D eigenvalue weighted by atomic mass is 16.4. The van der Waals surface area contributed by atoms with Crippen molar-refractivity contribution in [3.63, 3.8) is 0 Å². The molecule has 1 rings (SSSR count). The zero-order valence-corrected chi connectivity index (χ0v) is 12.2. The van der Waals surface area contributed by atoms with Gasteiger partial charge in [-0.3, -0.25) is 0 Å². The van der Waals surface area contributed by atoms with Crippen LogP contribution >= 0.6 is 0 Å². The van der Waals surface area contributed by atoms with Crippen LogP contribution in [0.5, 0.6) is 0 Å². The van der Waals surface area contributed by atoms with Crippen LogP contribution in [0.2, 0.25) is 0 Å². The van der Waals surface area contributed by atoms with Crippen molar-refractivity contribution in [1.29, 1.82) is 0 Å². The lowest BCUT2D eigenvalue weighted by molar-refractivity contribution is -0.145. The van der Waals surface area contributed by atoms with Gasteiger partial charge in [0.25, 0.3) is 0 Å². The van der Waals surface area contributed by atoms with E-state index in [1.807, 2.05) is 20.8 Å². The van der Waals surface area contributed by atoms with E-state index in [4.69, 9.17) is 0 Å². The third-order valence-electron chi connectivity index (χ3n) is 3.94. The van der Waals surface area contributed by atoms with Gasteiger partial charge in [0.15, 0.2) is 0 Å². The third-order valence-corrected chi connectivity index (χ3v) is 3.94. The van der Waals surface area contributed by atoms with Gasteiger partial charge < -0.3 is 15.3 Å². The van der Waals surface area contributed by atoms with Crippen molar-refractivity contribution in [3.8, 4) is 0 Å². The van der Waals surface area contributed by atoms with E-state index in [9.17, 15) is 14.7 Å². The lowest BCUT2D eigenvalue weighted by atomic mass is 9.90. The number of aliphatic carboxylic acids is 1. The van der Waals surface area contributed by atoms with Gasteiger partial charge in [0.1, 0.15) is 5.54 Å². The van der Waals surface area contributed by atoms with Crippen molar-refractivity contribution in [1.82, 2.24) is 10.2 Å². The molecule has 1 aliphatic carbocycles. The Morgan fingerprint density at radius 2 is 1.74 bits per heavy atom. The van der Waals surface area contributed by atoms with Gasteiger partial charge >= 0.3 is 12.0 Å². The minimum Gasteiger partial charge on any atom is -0.480 e. The number of carboxylic acids is 1. The Bertz CT molecular complexity index is 321. The quantitative estimate of drug-likeness (QED) is 0.771. The number of carboxylic acid groups (broad SMARTS) is 1. The van der Waals surface area contributed by atoms with Crippen LogP contribution < -0.4 is 5.32 Å². The average Bonchev–Trinajstić information content (AvgIpc) is 2.55. The second-order valence-corrected chi connectivity index (χ2v) is 5.61. The molecule has 1 aliphatic rings. The predicted octanol–water partition coefficient (Wildman–Crippen LogP) is 2.60. The summed E-state index contributed by atoms with van der Waals surface area (Å²) in [6, 6.07) is -0.191. The van der Waals surface area contributed by atoms with Crippen LogP contribution in [0.4, 0.5) is 4.79 Å². The molecule has 0 aromatic carbocycles. The monoisotopic (exact) mass is 270 g/mol. The molecule has 110 valence electrons. The van der Waals surface area contributed by atoms with Gasteiger partial charge in [0, 0.05) is 12.6 Å². The summed E-state index contributed by atoms with van der Waals surface area (Å²) >= 11 is 0. The topological polar surface area (TPSA) is 69.6 Å². The number of nitrogens with one attached hydrogen (secondary N) is 1. The van der Waals surface area contributed by atoms with Gasteiger partial charge in [-0.25, -0.2) is 9.59 Å². The van der Waals surface area contributed by atoms with E-state index >= 15 is 0 Å². The van der Waals surface area contributed by atoms with E-state index in [-0.39, 0.29) is 12.1 Å². The molecule has 5 nitrogen and oxygen atoms in total. The fourth-order valence-corrected chi connectivity index (χ4v) is 2.74. The predicted molar refractivity (Wildman–Crippen MR) is 74.1 cm³/mol. The van der Waals surface area contributed by atoms with E-state index < -0.39 is 11.5 Å². The summed E-state index contributed by atoms with van der Waals surface area (Å²) in [4.78, 5) is 25.5. The van der Waals surface area contributed by atoms with Crippen molar-refractivity contribution in [2.24, 2.45) is 0 Å². The molecule has 0 atom stereocenters. The summed E-state index contributed by atoms with van der Waals surface area (Å²) < 4.78 is 0. The van der Waals surface area contributed by atoms with E-state index in [2.05, 4.69) is 5.32 Å². The molecule has 1 fully saturated rings. The SMILES string of the molecule is CCN(C(=O)NC1(C(=O)O)CCCCCC1)C(C)C. The highest BCUT2D eigenvalue weighted by Gasteiger charge is 2.41. The Labute approximate surface area is 115 Å². The first-order chi connectivity index (χ1) is 8.93. The molecular weight excluding hydrogens is 244 g/mol. The van der Waals surface area contributed by atoms with Gasteiger partial charge in [0.05, 0.1) is 0 Å². The van der Waals surface area contributed by atoms with Crippen molar-refractivity contribution < 1.29 is 14.7 Å². The molecule has 2 amide bonds. The summed E-state index contributed by atoms with van der Waals surface area (Å²) in [5, 5.41) is 12.3. The molecule has 0 spiro atoms. The molecule has 0 bridgehead atoms. The minimum absolute atomic E-state index is 0.0709. The highest BCUT2D eigenvalue weighted by Crippen LogP contribution is 2.27. The largest absolute Gasteiger partial charge is 0.480 e. The van der Waals surface area contributed by atoms with Crippen LogP contribution in [-0.4, -0.2) is 40.1 Å². The molecule has 0 saturated heterocycles. The Morgan fingerprint density at radius 3 is 2.11 bits per heavy atom. The maximum atomic E-state index is 12.3. The number of carbonyl (C=O) groups is 2. The molecule has 19 heavy (non-hydrogen) atoms. The number of amides is 2. The molecule has 5 heteroatoms. The maximum Gasteiger partial charge on any atom is 0.329 e. The third kappa shape index (κ3) is 3.85. The fraction of sp³-hybridized carbons (Fsp3) is 0.857. The van der Waals surface area contributed by atoms with Gasteiger partial charge in [-0.1, -0.05) is 25.7 Å². The molecule has 1 saturated carbocycles. The first-order valence-electron chi connectivity index (χ1n) is 7.25. The first kappa shape index (κ1) is 15.8. The van der Waals surface area contributed by atoms with Crippen molar-refractivity contribution in [3.05, 3.63) is 0 Å². The number of nitrogens with zero attached hydrogens (tertiary/aromatic N) is 1. The summed E-state index contributed by atoms with van der Waals surface area (Å²) in [7, 11) is 0. The van der Waals surface area contributed by atoms with Gasteiger partial charge in [-0.2, -0.15) is 0 Å². The summed E-state index contributed by atoms with van der Waals surface area (Å²) in [5.41, 5.74) is -1.07. The first-order valence-corrected chi connectivity index (χ1v) is 7.25. The Balaban J connectivity index is 2.83. The molecule has 0 unspecified atom stereocenters. The number of hydrogen-bond donors (Lipinski definition) is 2. The van der Waals surface area contributed by atoms with Crippen LogP contribution in [0.3, 0.4) is 0 Å². The normalized spacial score (nSPS) is 18.7. The Kier molecular flexibility index (Phi) is 5.63. The molecule has 0 aromatic heterocycles. The zero-order valence-electron chi connectivity index (χ0n) is 12.2. The van der Waals surface area contributed by atoms with Gasteiger partial charge in [-0.05, 0) is 33.6 Å². The fourth-order valence-electron chi connectivity index (χ4n) is 2.74. The van der Waals surface area contributed by atoms with E-state index in [1.54, 1.807) is 4.90 Å². The number of rotatable bonds is 4. The summed E-state index contributed by atoms with van der Waals surface area (Å²) in [5.74, 6) is -0.900. The second kappa shape index (κ2) is 6.78. The average molecular weight is 270 g/mol. The molecule has 0 heterocycles. The zero-order chi connectivity index (χ0) is 14.5. The lowest BCUT2D eigenvalue weighted by Gasteiger charge is -2.34. The second-order valence-electron chi connectivity index (χ2n) is 5.61. The van der Waals surface area contributed by atoms with Crippen molar-refractivity contribution >= 4 is 12.0 Å². The molecule has 0 aliphatic heterocycles. The van der Waals surface area contributed by atoms with Crippen molar-refractivity contribution in [2.75, 3.05) is 6.54 Å². The van der Waals surface area contributed by atoms with E-state index in [0.29, 0.717) is 19.4 Å². The van der Waals surface area contributed by atoms with Crippen LogP contribution in [0.25, 0.3) is 0 Å². The summed E-state index contributed by atoms with van der Waals surface area (Å²) in [6.07, 6.45) is 4.88. The van der Waals surface area contributed by atoms with Crippen molar-refractivity contribution in [2.45, 2.75) is 70.9 Å². The molecular formula is C14H26N2O3. The number of carbonyl (C=O) groups excluding carboxylic acids is 1.